The molecule has 0 saturated carbocycles. The van der Waals surface area contributed by atoms with Crippen molar-refractivity contribution in [2.24, 2.45) is 0 Å². The van der Waals surface area contributed by atoms with Gasteiger partial charge in [0, 0.05) is 56.7 Å². The number of anilines is 1. The minimum Gasteiger partial charge on any atom is -0.457 e. The number of furan rings is 1. The van der Waals surface area contributed by atoms with Gasteiger partial charge in [-0.2, -0.15) is 5.26 Å². The molecule has 5 rings (SSSR count). The Morgan fingerprint density at radius 1 is 1.07 bits per heavy atom. The molecule has 11 nitrogen and oxygen atoms in total. The fourth-order valence-corrected chi connectivity index (χ4v) is 5.81. The fourth-order valence-electron chi connectivity index (χ4n) is 4.88. The van der Waals surface area contributed by atoms with Crippen LogP contribution in [0.25, 0.3) is 28.2 Å². The van der Waals surface area contributed by atoms with Crippen LogP contribution in [0.5, 0.6) is 0 Å². The van der Waals surface area contributed by atoms with Crippen molar-refractivity contribution in [1.82, 2.24) is 9.62 Å². The van der Waals surface area contributed by atoms with Crippen molar-refractivity contribution < 1.29 is 32.5 Å². The number of benzene rings is 2. The largest absolute Gasteiger partial charge is 0.457 e. The van der Waals surface area contributed by atoms with Crippen molar-refractivity contribution in [3.05, 3.63) is 59.2 Å². The predicted molar refractivity (Wildman–Crippen MR) is 154 cm³/mol. The van der Waals surface area contributed by atoms with Crippen LogP contribution in [0.1, 0.15) is 12.2 Å². The molecule has 12 heteroatoms. The van der Waals surface area contributed by atoms with Crippen LogP contribution >= 0.6 is 0 Å². The summed E-state index contributed by atoms with van der Waals surface area (Å²) >= 11 is 0. The maximum Gasteiger partial charge on any atom is 0.250 e. The molecule has 0 spiro atoms. The van der Waals surface area contributed by atoms with E-state index in [1.165, 1.54) is 0 Å². The number of aliphatic hydroxyl groups is 2. The molecule has 218 valence electrons. The van der Waals surface area contributed by atoms with Gasteiger partial charge in [-0.15, -0.1) is 0 Å². The van der Waals surface area contributed by atoms with E-state index in [2.05, 4.69) is 21.0 Å². The van der Waals surface area contributed by atoms with Gasteiger partial charge in [-0.3, -0.25) is 4.90 Å². The van der Waals surface area contributed by atoms with Gasteiger partial charge in [0.25, 0.3) is 10.0 Å². The molecule has 4 N–H and O–H groups in total. The summed E-state index contributed by atoms with van der Waals surface area (Å²) in [6.45, 7) is 5.22. The number of aliphatic hydroxyl groups excluding tert-OH is 2. The highest BCUT2D eigenvalue weighted by Crippen LogP contribution is 2.29. The summed E-state index contributed by atoms with van der Waals surface area (Å²) in [6.07, 6.45) is -1.73. The monoisotopic (exact) mass is 582 g/mol. The number of allylic oxidation sites excluding steroid dienone is 1. The predicted octanol–water partition coefficient (Wildman–Crippen LogP) is 2.14. The highest BCUT2D eigenvalue weighted by atomic mass is 32.2. The fraction of sp³-hybridized carbons (Fsp3) is 0.414. The molecule has 2 saturated heterocycles. The minimum absolute atomic E-state index is 0.197. The molecule has 0 bridgehead atoms. The third-order valence-corrected chi connectivity index (χ3v) is 8.62. The molecule has 3 atom stereocenters. The Morgan fingerprint density at radius 2 is 1.85 bits per heavy atom. The number of rotatable bonds is 10. The van der Waals surface area contributed by atoms with Crippen molar-refractivity contribution in [1.29, 1.82) is 5.26 Å². The first-order valence-electron chi connectivity index (χ1n) is 13.6. The van der Waals surface area contributed by atoms with E-state index in [1.54, 1.807) is 18.2 Å². The number of hydrogen-bond donors (Lipinski definition) is 4. The van der Waals surface area contributed by atoms with Gasteiger partial charge < -0.3 is 29.4 Å². The lowest BCUT2D eigenvalue weighted by atomic mass is 10.0. The van der Waals surface area contributed by atoms with Crippen LogP contribution in [0.15, 0.2) is 57.9 Å². The molecule has 0 radical (unpaired) electrons. The summed E-state index contributed by atoms with van der Waals surface area (Å²) in [6, 6.07) is 17.1. The lowest BCUT2D eigenvalue weighted by molar-refractivity contribution is -0.131. The van der Waals surface area contributed by atoms with Crippen molar-refractivity contribution in [3.8, 4) is 17.4 Å². The third kappa shape index (κ3) is 7.33. The number of nitriles is 1. The number of nitrogens with zero attached hydrogens (tertiary/aromatic N) is 2. The second-order valence-corrected chi connectivity index (χ2v) is 11.8. The molecule has 0 amide bonds. The molecule has 2 aliphatic rings. The third-order valence-electron chi connectivity index (χ3n) is 7.28. The molecule has 3 aromatic rings. The molecule has 2 aromatic carbocycles. The Morgan fingerprint density at radius 3 is 2.66 bits per heavy atom. The Hall–Kier alpha value is -3.28. The number of nitrogens with one attached hydrogen (secondary N) is 2. The van der Waals surface area contributed by atoms with Gasteiger partial charge in [-0.25, -0.2) is 13.1 Å². The van der Waals surface area contributed by atoms with Gasteiger partial charge in [-0.1, -0.05) is 18.2 Å². The maximum atomic E-state index is 12.7. The van der Waals surface area contributed by atoms with Crippen molar-refractivity contribution >= 4 is 32.6 Å². The van der Waals surface area contributed by atoms with Crippen molar-refractivity contribution in [2.75, 3.05) is 57.9 Å². The first-order chi connectivity index (χ1) is 19.8. The Kier molecular flexibility index (Phi) is 9.36. The van der Waals surface area contributed by atoms with Gasteiger partial charge in [-0.05, 0) is 47.5 Å². The summed E-state index contributed by atoms with van der Waals surface area (Å²) in [5.41, 5.74) is 1.86. The minimum atomic E-state index is -4.21. The van der Waals surface area contributed by atoms with E-state index in [9.17, 15) is 23.9 Å². The second kappa shape index (κ2) is 13.1. The van der Waals surface area contributed by atoms with Crippen LogP contribution in [-0.4, -0.2) is 94.4 Å². The lowest BCUT2D eigenvalue weighted by Gasteiger charge is -2.31. The lowest BCUT2D eigenvalue weighted by Crippen LogP contribution is -2.49. The molecule has 0 unspecified atom stereocenters. The Bertz CT molecular complexity index is 1530. The van der Waals surface area contributed by atoms with E-state index < -0.39 is 33.2 Å². The molecule has 2 fully saturated rings. The summed E-state index contributed by atoms with van der Waals surface area (Å²) in [7, 11) is -4.21. The normalized spacial score (nSPS) is 22.5. The first kappa shape index (κ1) is 29.2. The van der Waals surface area contributed by atoms with Gasteiger partial charge >= 0.3 is 0 Å². The zero-order chi connectivity index (χ0) is 28.8. The molecular weight excluding hydrogens is 548 g/mol. The van der Waals surface area contributed by atoms with Crippen molar-refractivity contribution in [3.63, 3.8) is 0 Å². The summed E-state index contributed by atoms with van der Waals surface area (Å²) in [4.78, 5) is 1.84. The second-order valence-electron chi connectivity index (χ2n) is 10.1. The number of ether oxygens (including phenoxy) is 2. The van der Waals surface area contributed by atoms with Crippen LogP contribution in [0, 0.1) is 11.3 Å². The molecule has 2 aliphatic heterocycles. The van der Waals surface area contributed by atoms with E-state index in [1.807, 2.05) is 30.3 Å². The maximum absolute atomic E-state index is 12.7. The van der Waals surface area contributed by atoms with Crippen LogP contribution in [0.2, 0.25) is 0 Å². The molecule has 1 aromatic heterocycles. The molecule has 41 heavy (non-hydrogen) atoms. The average Bonchev–Trinajstić information content (AvgIpc) is 3.45. The van der Waals surface area contributed by atoms with Crippen LogP contribution in [0.3, 0.4) is 0 Å². The van der Waals surface area contributed by atoms with Crippen LogP contribution < -0.4 is 10.0 Å². The zero-order valence-corrected chi connectivity index (χ0v) is 23.3. The van der Waals surface area contributed by atoms with E-state index in [0.29, 0.717) is 5.76 Å². The topological polar surface area (TPSA) is 157 Å². The van der Waals surface area contributed by atoms with E-state index in [0.717, 1.165) is 67.5 Å². The van der Waals surface area contributed by atoms with Gasteiger partial charge in [0.1, 0.15) is 23.7 Å². The number of morpholine rings is 1. The number of sulfonamides is 1. The SMILES string of the molecule is N#C/C(=C\c1ccc(-c2ccc3cc(NCCN4CCOCC4)ccc3c2)o1)S(=O)(=O)NC[C@H]1OCC[C@@H](O)[C@@H]1O. The van der Waals surface area contributed by atoms with Crippen LogP contribution in [-0.2, 0) is 19.5 Å². The van der Waals surface area contributed by atoms with Gasteiger partial charge in [0.2, 0.25) is 0 Å². The highest BCUT2D eigenvalue weighted by molar-refractivity contribution is 7.93. The smallest absolute Gasteiger partial charge is 0.250 e. The van der Waals surface area contributed by atoms with Gasteiger partial charge in [0.05, 0.1) is 25.4 Å². The Labute approximate surface area is 239 Å². The zero-order valence-electron chi connectivity index (χ0n) is 22.5. The first-order valence-corrected chi connectivity index (χ1v) is 15.1. The molecule has 3 heterocycles. The summed E-state index contributed by atoms with van der Waals surface area (Å²) in [5, 5.41) is 34.9. The van der Waals surface area contributed by atoms with E-state index in [-0.39, 0.29) is 25.3 Å². The standard InChI is InChI=1S/C29H34N4O7S/c30-18-25(41(36,37)32-19-28-29(35)26(34)7-12-39-28)17-24-5-6-27(40-24)22-2-1-21-16-23(4-3-20(21)15-22)31-8-9-33-10-13-38-14-11-33/h1-6,15-17,26,28-29,31-32,34-35H,7-14,19H2/b25-17+/t26-,28-,29+/m1/s1. The van der Waals surface area contributed by atoms with E-state index >= 15 is 0 Å². The van der Waals surface area contributed by atoms with Gasteiger partial charge in [0.15, 0.2) is 4.91 Å². The number of hydrogen-bond acceptors (Lipinski definition) is 10. The average molecular weight is 583 g/mol. The quantitative estimate of drug-likeness (QED) is 0.261. The highest BCUT2D eigenvalue weighted by Gasteiger charge is 2.32. The molecule has 0 aliphatic carbocycles. The van der Waals surface area contributed by atoms with E-state index in [4.69, 9.17) is 13.9 Å². The molecular formula is C29H34N4O7S. The number of fused-ring (bicyclic) bond motifs is 1. The van der Waals surface area contributed by atoms with Crippen molar-refractivity contribution in [2.45, 2.75) is 24.7 Å². The Balaban J connectivity index is 1.23. The summed E-state index contributed by atoms with van der Waals surface area (Å²) in [5.74, 6) is 0.729. The van der Waals surface area contributed by atoms with Crippen LogP contribution in [0.4, 0.5) is 5.69 Å². The summed E-state index contributed by atoms with van der Waals surface area (Å²) < 4.78 is 44.4.